The minimum atomic E-state index is -0.0650. The van der Waals surface area contributed by atoms with Crippen LogP contribution in [-0.4, -0.2) is 50.1 Å². The standard InChI is InChI=1S/C14H25N3O2.HI/c1-3-19-13(18)12-5-4-8-17(10-12)14(15-2)16-9-11-6-7-11;/h11-12H,3-10H2,1-2H3,(H,15,16);1H. The van der Waals surface area contributed by atoms with Gasteiger partial charge in [-0.05, 0) is 38.5 Å². The van der Waals surface area contributed by atoms with Gasteiger partial charge in [0.1, 0.15) is 0 Å². The highest BCUT2D eigenvalue weighted by Gasteiger charge is 2.29. The van der Waals surface area contributed by atoms with Gasteiger partial charge in [0, 0.05) is 26.7 Å². The van der Waals surface area contributed by atoms with Gasteiger partial charge in [0.25, 0.3) is 0 Å². The van der Waals surface area contributed by atoms with Crippen molar-refractivity contribution < 1.29 is 9.53 Å². The summed E-state index contributed by atoms with van der Waals surface area (Å²) in [6.45, 7) is 5.02. The first kappa shape index (κ1) is 17.5. The van der Waals surface area contributed by atoms with Crippen molar-refractivity contribution in [3.63, 3.8) is 0 Å². The normalized spacial score (nSPS) is 23.0. The van der Waals surface area contributed by atoms with Crippen LogP contribution in [0.1, 0.15) is 32.6 Å². The Morgan fingerprint density at radius 1 is 1.40 bits per heavy atom. The molecule has 0 amide bonds. The van der Waals surface area contributed by atoms with Crippen molar-refractivity contribution in [2.45, 2.75) is 32.6 Å². The topological polar surface area (TPSA) is 53.9 Å². The molecule has 20 heavy (non-hydrogen) atoms. The Morgan fingerprint density at radius 3 is 2.75 bits per heavy atom. The molecule has 1 atom stereocenters. The largest absolute Gasteiger partial charge is 0.466 e. The van der Waals surface area contributed by atoms with Crippen molar-refractivity contribution in [1.29, 1.82) is 0 Å². The average Bonchev–Trinajstić information content (AvgIpc) is 3.24. The molecular formula is C14H26IN3O2. The van der Waals surface area contributed by atoms with Gasteiger partial charge in [-0.2, -0.15) is 0 Å². The number of halogens is 1. The number of piperidine rings is 1. The minimum absolute atomic E-state index is 0. The highest BCUT2D eigenvalue weighted by atomic mass is 127. The molecule has 1 unspecified atom stereocenters. The zero-order valence-corrected chi connectivity index (χ0v) is 14.8. The Bertz CT molecular complexity index is 345. The Labute approximate surface area is 138 Å². The van der Waals surface area contributed by atoms with E-state index in [1.54, 1.807) is 0 Å². The molecule has 2 fully saturated rings. The third kappa shape index (κ3) is 5.10. The van der Waals surface area contributed by atoms with Crippen LogP contribution in [0.25, 0.3) is 0 Å². The minimum Gasteiger partial charge on any atom is -0.466 e. The number of likely N-dealkylation sites (tertiary alicyclic amines) is 1. The number of ether oxygens (including phenoxy) is 1. The lowest BCUT2D eigenvalue weighted by molar-refractivity contribution is -0.149. The van der Waals surface area contributed by atoms with Crippen LogP contribution >= 0.6 is 24.0 Å². The molecule has 1 N–H and O–H groups in total. The van der Waals surface area contributed by atoms with Crippen molar-refractivity contribution in [2.24, 2.45) is 16.8 Å². The first-order valence-electron chi connectivity index (χ1n) is 7.36. The molecule has 1 saturated carbocycles. The average molecular weight is 395 g/mol. The van der Waals surface area contributed by atoms with Crippen LogP contribution in [0.5, 0.6) is 0 Å². The van der Waals surface area contributed by atoms with Gasteiger partial charge in [-0.25, -0.2) is 0 Å². The quantitative estimate of drug-likeness (QED) is 0.342. The molecule has 2 aliphatic rings. The predicted octanol–water partition coefficient (Wildman–Crippen LogP) is 1.86. The summed E-state index contributed by atoms with van der Waals surface area (Å²) in [6, 6.07) is 0. The Balaban J connectivity index is 0.00000200. The summed E-state index contributed by atoms with van der Waals surface area (Å²) in [5.74, 6) is 1.68. The first-order chi connectivity index (χ1) is 9.24. The van der Waals surface area contributed by atoms with Crippen LogP contribution in [-0.2, 0) is 9.53 Å². The van der Waals surface area contributed by atoms with Gasteiger partial charge in [0.15, 0.2) is 5.96 Å². The van der Waals surface area contributed by atoms with Crippen LogP contribution in [0.3, 0.4) is 0 Å². The number of esters is 1. The fraction of sp³-hybridized carbons (Fsp3) is 0.857. The number of guanidine groups is 1. The highest BCUT2D eigenvalue weighted by Crippen LogP contribution is 2.27. The van der Waals surface area contributed by atoms with Gasteiger partial charge in [0.05, 0.1) is 12.5 Å². The van der Waals surface area contributed by atoms with E-state index in [1.165, 1.54) is 12.8 Å². The van der Waals surface area contributed by atoms with E-state index in [2.05, 4.69) is 15.2 Å². The SMILES string of the molecule is CCOC(=O)C1CCCN(C(=NC)NCC2CC2)C1.I. The van der Waals surface area contributed by atoms with E-state index in [1.807, 2.05) is 14.0 Å². The molecule has 1 heterocycles. The van der Waals surface area contributed by atoms with Gasteiger partial charge < -0.3 is 15.0 Å². The van der Waals surface area contributed by atoms with Crippen molar-refractivity contribution in [2.75, 3.05) is 33.3 Å². The molecule has 0 aromatic rings. The third-order valence-corrected chi connectivity index (χ3v) is 3.80. The summed E-state index contributed by atoms with van der Waals surface area (Å²) >= 11 is 0. The van der Waals surface area contributed by atoms with Gasteiger partial charge in [-0.1, -0.05) is 0 Å². The molecule has 5 nitrogen and oxygen atoms in total. The maximum absolute atomic E-state index is 11.8. The van der Waals surface area contributed by atoms with Crippen molar-refractivity contribution >= 4 is 35.9 Å². The lowest BCUT2D eigenvalue weighted by atomic mass is 9.98. The zero-order valence-electron chi connectivity index (χ0n) is 12.4. The lowest BCUT2D eigenvalue weighted by Crippen LogP contribution is -2.48. The fourth-order valence-corrected chi connectivity index (χ4v) is 2.51. The summed E-state index contributed by atoms with van der Waals surface area (Å²) in [4.78, 5) is 18.3. The Hall–Kier alpha value is -0.530. The molecule has 1 aliphatic carbocycles. The number of nitrogens with zero attached hydrogens (tertiary/aromatic N) is 2. The molecule has 0 radical (unpaired) electrons. The van der Waals surface area contributed by atoms with Gasteiger partial charge in [0.2, 0.25) is 0 Å². The Kier molecular flexibility index (Phi) is 7.61. The number of aliphatic imine (C=N–C) groups is 1. The van der Waals surface area contributed by atoms with E-state index >= 15 is 0 Å². The zero-order chi connectivity index (χ0) is 13.7. The molecule has 0 bridgehead atoms. The first-order valence-corrected chi connectivity index (χ1v) is 7.36. The number of nitrogens with one attached hydrogen (secondary N) is 1. The van der Waals surface area contributed by atoms with Crippen molar-refractivity contribution in [3.8, 4) is 0 Å². The summed E-state index contributed by atoms with van der Waals surface area (Å²) < 4.78 is 5.13. The second-order valence-corrected chi connectivity index (χ2v) is 5.41. The van der Waals surface area contributed by atoms with Crippen LogP contribution < -0.4 is 5.32 Å². The monoisotopic (exact) mass is 395 g/mol. The summed E-state index contributed by atoms with van der Waals surface area (Å²) in [5, 5.41) is 3.42. The Morgan fingerprint density at radius 2 is 2.15 bits per heavy atom. The van der Waals surface area contributed by atoms with Crippen LogP contribution in [0.4, 0.5) is 0 Å². The van der Waals surface area contributed by atoms with E-state index in [0.29, 0.717) is 6.61 Å². The molecule has 6 heteroatoms. The van der Waals surface area contributed by atoms with Crippen molar-refractivity contribution in [3.05, 3.63) is 0 Å². The lowest BCUT2D eigenvalue weighted by Gasteiger charge is -2.33. The number of rotatable bonds is 4. The van der Waals surface area contributed by atoms with Gasteiger partial charge >= 0.3 is 5.97 Å². The van der Waals surface area contributed by atoms with E-state index in [4.69, 9.17) is 4.74 Å². The summed E-state index contributed by atoms with van der Waals surface area (Å²) in [7, 11) is 1.81. The number of carbonyl (C=O) groups excluding carboxylic acids is 1. The number of hydrogen-bond donors (Lipinski definition) is 1. The molecule has 116 valence electrons. The third-order valence-electron chi connectivity index (χ3n) is 3.80. The van der Waals surface area contributed by atoms with E-state index in [0.717, 1.165) is 44.4 Å². The highest BCUT2D eigenvalue weighted by molar-refractivity contribution is 14.0. The second kappa shape index (κ2) is 8.69. The van der Waals surface area contributed by atoms with Crippen LogP contribution in [0, 0.1) is 11.8 Å². The van der Waals surface area contributed by atoms with Crippen molar-refractivity contribution in [1.82, 2.24) is 10.2 Å². The molecular weight excluding hydrogens is 369 g/mol. The fourth-order valence-electron chi connectivity index (χ4n) is 2.51. The molecule has 0 aromatic heterocycles. The molecule has 2 rings (SSSR count). The second-order valence-electron chi connectivity index (χ2n) is 5.41. The van der Waals surface area contributed by atoms with E-state index in [-0.39, 0.29) is 35.9 Å². The number of carbonyl (C=O) groups is 1. The molecule has 1 saturated heterocycles. The van der Waals surface area contributed by atoms with E-state index < -0.39 is 0 Å². The van der Waals surface area contributed by atoms with Crippen LogP contribution in [0.15, 0.2) is 4.99 Å². The van der Waals surface area contributed by atoms with Gasteiger partial charge in [-0.3, -0.25) is 9.79 Å². The van der Waals surface area contributed by atoms with E-state index in [9.17, 15) is 4.79 Å². The summed E-state index contributed by atoms with van der Waals surface area (Å²) in [5.41, 5.74) is 0. The smallest absolute Gasteiger partial charge is 0.310 e. The summed E-state index contributed by atoms with van der Waals surface area (Å²) in [6.07, 6.45) is 4.60. The number of hydrogen-bond acceptors (Lipinski definition) is 3. The molecule has 0 aromatic carbocycles. The molecule has 0 spiro atoms. The maximum Gasteiger partial charge on any atom is 0.310 e. The maximum atomic E-state index is 11.8. The molecule has 1 aliphatic heterocycles. The van der Waals surface area contributed by atoms with Crippen LogP contribution in [0.2, 0.25) is 0 Å². The predicted molar refractivity (Wildman–Crippen MR) is 90.4 cm³/mol. The van der Waals surface area contributed by atoms with Gasteiger partial charge in [-0.15, -0.1) is 24.0 Å².